The number of halogens is 1. The van der Waals surface area contributed by atoms with Crippen LogP contribution in [0.5, 0.6) is 0 Å². The van der Waals surface area contributed by atoms with E-state index in [0.29, 0.717) is 44.4 Å². The average molecular weight is 435 g/mol. The Hall–Kier alpha value is -3.89. The summed E-state index contributed by atoms with van der Waals surface area (Å²) in [6.07, 6.45) is 5.03. The van der Waals surface area contributed by atoms with Crippen LogP contribution in [-0.4, -0.2) is 73.1 Å². The summed E-state index contributed by atoms with van der Waals surface area (Å²) in [7, 11) is 0. The molecule has 1 saturated heterocycles. The molecule has 5 rings (SSSR count). The first-order valence-electron chi connectivity index (χ1n) is 10.4. The lowest BCUT2D eigenvalue weighted by molar-refractivity contribution is 0.139. The molecule has 2 amide bonds. The number of urea groups is 1. The molecule has 1 atom stereocenters. The number of piperazine rings is 1. The number of rotatable bonds is 3. The predicted molar refractivity (Wildman–Crippen MR) is 115 cm³/mol. The maximum Gasteiger partial charge on any atom is 0.341 e. The van der Waals surface area contributed by atoms with Gasteiger partial charge in [0.25, 0.3) is 0 Å². The SMILES string of the molecule is Cc1ncn(-c2nc(N3CCN(C(=O)N4N=CC[C@H]4c4ccccc4)CC3)ncc2F)n1. The summed E-state index contributed by atoms with van der Waals surface area (Å²) in [6, 6.07) is 9.70. The number of aromatic nitrogens is 5. The molecule has 2 aliphatic heterocycles. The zero-order valence-corrected chi connectivity index (χ0v) is 17.5. The number of carbonyl (C=O) groups is 1. The predicted octanol–water partition coefficient (Wildman–Crippen LogP) is 2.18. The van der Waals surface area contributed by atoms with Crippen molar-refractivity contribution in [1.29, 1.82) is 0 Å². The molecule has 4 heterocycles. The molecule has 1 fully saturated rings. The molecule has 10 nitrogen and oxygen atoms in total. The number of nitrogens with zero attached hydrogens (tertiary/aromatic N) is 9. The third-order valence-corrected chi connectivity index (χ3v) is 5.58. The smallest absolute Gasteiger partial charge is 0.337 e. The largest absolute Gasteiger partial charge is 0.341 e. The van der Waals surface area contributed by atoms with Crippen LogP contribution in [0.2, 0.25) is 0 Å². The Bertz CT molecular complexity index is 1140. The van der Waals surface area contributed by atoms with Crippen molar-refractivity contribution in [3.8, 4) is 5.82 Å². The molecular formula is C21H22FN9O. The number of aryl methyl sites for hydroxylation is 1. The van der Waals surface area contributed by atoms with Crippen LogP contribution < -0.4 is 4.90 Å². The van der Waals surface area contributed by atoms with Gasteiger partial charge in [0.05, 0.1) is 12.2 Å². The van der Waals surface area contributed by atoms with E-state index in [9.17, 15) is 9.18 Å². The van der Waals surface area contributed by atoms with Gasteiger partial charge in [-0.05, 0) is 12.5 Å². The van der Waals surface area contributed by atoms with Gasteiger partial charge < -0.3 is 9.80 Å². The van der Waals surface area contributed by atoms with Gasteiger partial charge in [-0.1, -0.05) is 30.3 Å². The lowest BCUT2D eigenvalue weighted by Crippen LogP contribution is -2.52. The minimum absolute atomic E-state index is 0.0474. The van der Waals surface area contributed by atoms with Crippen LogP contribution in [0.25, 0.3) is 5.82 Å². The summed E-state index contributed by atoms with van der Waals surface area (Å²) >= 11 is 0. The Morgan fingerprint density at radius 1 is 1.09 bits per heavy atom. The third-order valence-electron chi connectivity index (χ3n) is 5.58. The highest BCUT2D eigenvalue weighted by atomic mass is 19.1. The van der Waals surface area contributed by atoms with Crippen molar-refractivity contribution >= 4 is 18.2 Å². The number of anilines is 1. The van der Waals surface area contributed by atoms with Gasteiger partial charge in [0.2, 0.25) is 5.95 Å². The summed E-state index contributed by atoms with van der Waals surface area (Å²) in [5.41, 5.74) is 1.06. The van der Waals surface area contributed by atoms with Crippen molar-refractivity contribution in [2.45, 2.75) is 19.4 Å². The first-order valence-corrected chi connectivity index (χ1v) is 10.4. The third kappa shape index (κ3) is 3.77. The Labute approximate surface area is 184 Å². The molecule has 1 aromatic carbocycles. The monoisotopic (exact) mass is 435 g/mol. The number of hydrazone groups is 1. The minimum Gasteiger partial charge on any atom is -0.337 e. The molecule has 0 saturated carbocycles. The molecule has 11 heteroatoms. The summed E-state index contributed by atoms with van der Waals surface area (Å²) < 4.78 is 15.5. The highest BCUT2D eigenvalue weighted by Crippen LogP contribution is 2.29. The Kier molecular flexibility index (Phi) is 5.21. The summed E-state index contributed by atoms with van der Waals surface area (Å²) in [4.78, 5) is 29.3. The van der Waals surface area contributed by atoms with E-state index in [4.69, 9.17) is 0 Å². The Morgan fingerprint density at radius 3 is 2.59 bits per heavy atom. The zero-order chi connectivity index (χ0) is 22.1. The fourth-order valence-corrected chi connectivity index (χ4v) is 3.90. The number of amides is 2. The standard InChI is InChI=1S/C21H22FN9O/c1-15-24-14-30(27-15)19-17(22)13-23-20(26-19)28-9-11-29(12-10-28)21(32)31-18(7-8-25-31)16-5-3-2-4-6-16/h2-6,8,13-14,18H,7,9-12H2,1H3/t18-/m0/s1. The average Bonchev–Trinajstić information content (AvgIpc) is 3.49. The lowest BCUT2D eigenvalue weighted by atomic mass is 10.1. The van der Waals surface area contributed by atoms with E-state index in [2.05, 4.69) is 25.2 Å². The maximum absolute atomic E-state index is 14.2. The second kappa shape index (κ2) is 8.33. The quantitative estimate of drug-likeness (QED) is 0.626. The van der Waals surface area contributed by atoms with Gasteiger partial charge in [-0.2, -0.15) is 19.9 Å². The van der Waals surface area contributed by atoms with Crippen LogP contribution in [0.4, 0.5) is 15.1 Å². The second-order valence-electron chi connectivity index (χ2n) is 7.64. The number of hydrogen-bond acceptors (Lipinski definition) is 7. The van der Waals surface area contributed by atoms with Gasteiger partial charge in [0.1, 0.15) is 12.2 Å². The summed E-state index contributed by atoms with van der Waals surface area (Å²) in [5, 5.41) is 10.0. The van der Waals surface area contributed by atoms with Crippen molar-refractivity contribution in [3.05, 3.63) is 60.1 Å². The van der Waals surface area contributed by atoms with Crippen molar-refractivity contribution in [1.82, 2.24) is 34.6 Å². The van der Waals surface area contributed by atoms with E-state index in [-0.39, 0.29) is 17.9 Å². The fourth-order valence-electron chi connectivity index (χ4n) is 3.90. The lowest BCUT2D eigenvalue weighted by Gasteiger charge is -2.37. The van der Waals surface area contributed by atoms with E-state index < -0.39 is 5.82 Å². The molecule has 2 aromatic heterocycles. The molecule has 3 aromatic rings. The zero-order valence-electron chi connectivity index (χ0n) is 17.5. The first-order chi connectivity index (χ1) is 15.6. The van der Waals surface area contributed by atoms with Crippen molar-refractivity contribution in [2.75, 3.05) is 31.1 Å². The van der Waals surface area contributed by atoms with Crippen LogP contribution in [0.3, 0.4) is 0 Å². The molecule has 32 heavy (non-hydrogen) atoms. The molecule has 164 valence electrons. The Balaban J connectivity index is 1.26. The van der Waals surface area contributed by atoms with Gasteiger partial charge >= 0.3 is 6.03 Å². The van der Waals surface area contributed by atoms with Crippen molar-refractivity contribution in [3.63, 3.8) is 0 Å². The van der Waals surface area contributed by atoms with E-state index >= 15 is 0 Å². The topological polar surface area (TPSA) is 95.6 Å². The summed E-state index contributed by atoms with van der Waals surface area (Å²) in [5.74, 6) is 0.385. The molecule has 0 N–H and O–H groups in total. The number of hydrogen-bond donors (Lipinski definition) is 0. The van der Waals surface area contributed by atoms with Crippen molar-refractivity contribution < 1.29 is 9.18 Å². The highest BCUT2D eigenvalue weighted by molar-refractivity contribution is 5.78. The van der Waals surface area contributed by atoms with Crippen LogP contribution in [-0.2, 0) is 0 Å². The molecule has 0 unspecified atom stereocenters. The summed E-state index contributed by atoms with van der Waals surface area (Å²) in [6.45, 7) is 3.76. The fraction of sp³-hybridized carbons (Fsp3) is 0.333. The molecular weight excluding hydrogens is 413 g/mol. The second-order valence-corrected chi connectivity index (χ2v) is 7.64. The maximum atomic E-state index is 14.2. The highest BCUT2D eigenvalue weighted by Gasteiger charge is 2.33. The molecule has 2 aliphatic rings. The van der Waals surface area contributed by atoms with Gasteiger partial charge in [-0.3, -0.25) is 0 Å². The molecule has 0 spiro atoms. The van der Waals surface area contributed by atoms with E-state index in [1.807, 2.05) is 35.2 Å². The van der Waals surface area contributed by atoms with Gasteiger partial charge in [-0.15, -0.1) is 0 Å². The van der Waals surface area contributed by atoms with Gasteiger partial charge in [-0.25, -0.2) is 24.2 Å². The minimum atomic E-state index is -0.577. The van der Waals surface area contributed by atoms with Crippen LogP contribution in [0.1, 0.15) is 23.9 Å². The van der Waals surface area contributed by atoms with E-state index in [1.165, 1.54) is 11.0 Å². The van der Waals surface area contributed by atoms with Crippen LogP contribution in [0.15, 0.2) is 48.0 Å². The molecule has 0 aliphatic carbocycles. The van der Waals surface area contributed by atoms with E-state index in [0.717, 1.165) is 11.8 Å². The first kappa shape index (κ1) is 20.0. The van der Waals surface area contributed by atoms with Gasteiger partial charge in [0, 0.05) is 38.8 Å². The van der Waals surface area contributed by atoms with Gasteiger partial charge in [0.15, 0.2) is 11.6 Å². The normalized spacial score (nSPS) is 18.4. The van der Waals surface area contributed by atoms with Crippen LogP contribution >= 0.6 is 0 Å². The molecule has 0 radical (unpaired) electrons. The number of carbonyl (C=O) groups excluding carboxylic acids is 1. The van der Waals surface area contributed by atoms with Crippen LogP contribution in [0, 0.1) is 12.7 Å². The number of benzene rings is 1. The molecule has 0 bridgehead atoms. The van der Waals surface area contributed by atoms with E-state index in [1.54, 1.807) is 23.0 Å². The Morgan fingerprint density at radius 2 is 1.88 bits per heavy atom. The van der Waals surface area contributed by atoms with Crippen molar-refractivity contribution in [2.24, 2.45) is 5.10 Å².